The van der Waals surface area contributed by atoms with Gasteiger partial charge in [-0.05, 0) is 24.3 Å². The highest BCUT2D eigenvalue weighted by Crippen LogP contribution is 2.18. The minimum atomic E-state index is -3.58. The Morgan fingerprint density at radius 1 is 1.28 bits per heavy atom. The molecule has 1 heterocycles. The normalized spacial score (nSPS) is 17.3. The average Bonchev–Trinajstić information content (AvgIpc) is 2.39. The molecule has 2 rings (SSSR count). The maximum atomic E-state index is 12.3. The van der Waals surface area contributed by atoms with Crippen LogP contribution in [0.25, 0.3) is 0 Å². The van der Waals surface area contributed by atoms with Crippen LogP contribution in [0.1, 0.15) is 0 Å². The molecule has 0 atom stereocenters. The van der Waals surface area contributed by atoms with Gasteiger partial charge in [0.1, 0.15) is 0 Å². The maximum absolute atomic E-state index is 12.3. The summed E-state index contributed by atoms with van der Waals surface area (Å²) in [5.74, 6) is -0.267. The van der Waals surface area contributed by atoms with Crippen molar-refractivity contribution in [1.82, 2.24) is 9.62 Å². The highest BCUT2D eigenvalue weighted by Gasteiger charge is 2.28. The molecule has 18 heavy (non-hydrogen) atoms. The largest absolute Gasteiger partial charge is 0.388 e. The molecule has 0 saturated carbocycles. The van der Waals surface area contributed by atoms with Crippen LogP contribution in [-0.4, -0.2) is 45.3 Å². The van der Waals surface area contributed by atoms with Crippen LogP contribution in [0.15, 0.2) is 29.2 Å². The van der Waals surface area contributed by atoms with Crippen molar-refractivity contribution < 1.29 is 13.2 Å². The van der Waals surface area contributed by atoms with Crippen molar-refractivity contribution in [2.24, 2.45) is 0 Å². The topological polar surface area (TPSA) is 78.5 Å². The number of nitrogens with zero attached hydrogens (tertiary/aromatic N) is 1. The number of carbonyl (C=O) groups excluding carboxylic acids is 1. The fraction of sp³-hybridized carbons (Fsp3) is 0.364. The number of carbonyl (C=O) groups is 1. The highest BCUT2D eigenvalue weighted by atomic mass is 32.2. The molecule has 0 aliphatic carbocycles. The zero-order valence-corrected chi connectivity index (χ0v) is 10.8. The Hall–Kier alpha value is -1.60. The Kier molecular flexibility index (Phi) is 3.53. The molecule has 1 aromatic carbocycles. The van der Waals surface area contributed by atoms with Crippen molar-refractivity contribution in [3.05, 3.63) is 24.3 Å². The molecule has 1 aromatic rings. The summed E-state index contributed by atoms with van der Waals surface area (Å²) >= 11 is 0. The number of rotatable bonds is 3. The van der Waals surface area contributed by atoms with E-state index in [9.17, 15) is 13.2 Å². The third-order valence-corrected chi connectivity index (χ3v) is 4.64. The Morgan fingerprint density at radius 2 is 1.94 bits per heavy atom. The van der Waals surface area contributed by atoms with Gasteiger partial charge >= 0.3 is 0 Å². The quantitative estimate of drug-likeness (QED) is 0.800. The molecule has 0 radical (unpaired) electrons. The van der Waals surface area contributed by atoms with E-state index in [2.05, 4.69) is 10.6 Å². The molecule has 1 saturated heterocycles. The van der Waals surface area contributed by atoms with Crippen LogP contribution in [0.3, 0.4) is 0 Å². The van der Waals surface area contributed by atoms with Gasteiger partial charge in [0, 0.05) is 25.8 Å². The SMILES string of the molecule is CNc1ccc(S(=O)(=O)N2CCNC(=O)C2)cc1. The summed E-state index contributed by atoms with van der Waals surface area (Å²) in [6.45, 7) is 0.546. The van der Waals surface area contributed by atoms with E-state index in [0.29, 0.717) is 13.1 Å². The predicted molar refractivity (Wildman–Crippen MR) is 67.8 cm³/mol. The first-order valence-electron chi connectivity index (χ1n) is 5.59. The molecule has 2 N–H and O–H groups in total. The third-order valence-electron chi connectivity index (χ3n) is 2.78. The molecule has 0 spiro atoms. The number of anilines is 1. The second kappa shape index (κ2) is 4.95. The van der Waals surface area contributed by atoms with Gasteiger partial charge in [0.25, 0.3) is 0 Å². The van der Waals surface area contributed by atoms with E-state index in [1.54, 1.807) is 19.2 Å². The van der Waals surface area contributed by atoms with Crippen LogP contribution in [0.5, 0.6) is 0 Å². The summed E-state index contributed by atoms with van der Waals surface area (Å²) in [6.07, 6.45) is 0. The lowest BCUT2D eigenvalue weighted by atomic mass is 10.3. The number of hydrogen-bond donors (Lipinski definition) is 2. The minimum absolute atomic E-state index is 0.115. The number of nitrogens with one attached hydrogen (secondary N) is 2. The van der Waals surface area contributed by atoms with Gasteiger partial charge in [-0.1, -0.05) is 0 Å². The van der Waals surface area contributed by atoms with Crippen LogP contribution in [0.4, 0.5) is 5.69 Å². The molecule has 1 amide bonds. The monoisotopic (exact) mass is 269 g/mol. The summed E-state index contributed by atoms with van der Waals surface area (Å²) in [5.41, 5.74) is 0.838. The van der Waals surface area contributed by atoms with Gasteiger partial charge in [-0.15, -0.1) is 0 Å². The van der Waals surface area contributed by atoms with E-state index in [1.165, 1.54) is 16.4 Å². The van der Waals surface area contributed by atoms with Gasteiger partial charge in [-0.2, -0.15) is 4.31 Å². The van der Waals surface area contributed by atoms with Crippen molar-refractivity contribution in [2.45, 2.75) is 4.90 Å². The average molecular weight is 269 g/mol. The molecule has 6 nitrogen and oxygen atoms in total. The number of piperazine rings is 1. The van der Waals surface area contributed by atoms with E-state index in [4.69, 9.17) is 0 Å². The summed E-state index contributed by atoms with van der Waals surface area (Å²) < 4.78 is 25.7. The van der Waals surface area contributed by atoms with Crippen LogP contribution in [0, 0.1) is 0 Å². The molecule has 0 aromatic heterocycles. The maximum Gasteiger partial charge on any atom is 0.243 e. The molecule has 98 valence electrons. The molecule has 1 aliphatic heterocycles. The Balaban J connectivity index is 2.26. The van der Waals surface area contributed by atoms with Gasteiger partial charge in [-0.3, -0.25) is 4.79 Å². The smallest absolute Gasteiger partial charge is 0.243 e. The fourth-order valence-electron chi connectivity index (χ4n) is 1.76. The summed E-state index contributed by atoms with van der Waals surface area (Å²) in [7, 11) is -1.81. The van der Waals surface area contributed by atoms with Gasteiger partial charge in [0.2, 0.25) is 15.9 Å². The van der Waals surface area contributed by atoms with Crippen LogP contribution in [-0.2, 0) is 14.8 Å². The van der Waals surface area contributed by atoms with E-state index < -0.39 is 10.0 Å². The van der Waals surface area contributed by atoms with Gasteiger partial charge in [-0.25, -0.2) is 8.42 Å². The zero-order chi connectivity index (χ0) is 13.2. The number of sulfonamides is 1. The summed E-state index contributed by atoms with van der Waals surface area (Å²) in [4.78, 5) is 11.4. The Labute approximate surface area is 106 Å². The van der Waals surface area contributed by atoms with Crippen molar-refractivity contribution >= 4 is 21.6 Å². The first-order valence-corrected chi connectivity index (χ1v) is 7.03. The second-order valence-electron chi connectivity index (χ2n) is 3.96. The number of benzene rings is 1. The minimum Gasteiger partial charge on any atom is -0.388 e. The van der Waals surface area contributed by atoms with Crippen LogP contribution in [0.2, 0.25) is 0 Å². The molecule has 1 fully saturated rings. The third kappa shape index (κ3) is 2.46. The molecular weight excluding hydrogens is 254 g/mol. The van der Waals surface area contributed by atoms with Crippen molar-refractivity contribution in [3.8, 4) is 0 Å². The van der Waals surface area contributed by atoms with E-state index >= 15 is 0 Å². The molecule has 0 unspecified atom stereocenters. The molecular formula is C11H15N3O3S. The Bertz CT molecular complexity index is 539. The first kappa shape index (κ1) is 12.8. The van der Waals surface area contributed by atoms with Crippen molar-refractivity contribution in [1.29, 1.82) is 0 Å². The van der Waals surface area contributed by atoms with E-state index in [1.807, 2.05) is 0 Å². The first-order chi connectivity index (χ1) is 8.54. The zero-order valence-electron chi connectivity index (χ0n) is 10.0. The van der Waals surface area contributed by atoms with Crippen LogP contribution < -0.4 is 10.6 Å². The summed E-state index contributed by atoms with van der Waals surface area (Å²) in [5, 5.41) is 5.52. The highest BCUT2D eigenvalue weighted by molar-refractivity contribution is 7.89. The lowest BCUT2D eigenvalue weighted by Crippen LogP contribution is -2.49. The summed E-state index contributed by atoms with van der Waals surface area (Å²) in [6, 6.07) is 6.45. The molecule has 0 bridgehead atoms. The van der Waals surface area contributed by atoms with Crippen LogP contribution >= 0.6 is 0 Å². The molecule has 7 heteroatoms. The van der Waals surface area contributed by atoms with Gasteiger partial charge in [0.15, 0.2) is 0 Å². The molecule has 1 aliphatic rings. The van der Waals surface area contributed by atoms with E-state index in [-0.39, 0.29) is 17.3 Å². The predicted octanol–water partition coefficient (Wildman–Crippen LogP) is -0.151. The van der Waals surface area contributed by atoms with Crippen molar-refractivity contribution in [3.63, 3.8) is 0 Å². The Morgan fingerprint density at radius 3 is 2.50 bits per heavy atom. The number of hydrogen-bond acceptors (Lipinski definition) is 4. The second-order valence-corrected chi connectivity index (χ2v) is 5.90. The van der Waals surface area contributed by atoms with Crippen molar-refractivity contribution in [2.75, 3.05) is 32.0 Å². The van der Waals surface area contributed by atoms with Gasteiger partial charge < -0.3 is 10.6 Å². The lowest BCUT2D eigenvalue weighted by Gasteiger charge is -2.25. The fourth-order valence-corrected chi connectivity index (χ4v) is 3.16. The van der Waals surface area contributed by atoms with E-state index in [0.717, 1.165) is 5.69 Å². The van der Waals surface area contributed by atoms with Gasteiger partial charge in [0.05, 0.1) is 11.4 Å². The lowest BCUT2D eigenvalue weighted by molar-refractivity contribution is -0.122. The number of amides is 1. The standard InChI is InChI=1S/C11H15N3O3S/c1-12-9-2-4-10(5-3-9)18(16,17)14-7-6-13-11(15)8-14/h2-5,12H,6-8H2,1H3,(H,13,15).